The van der Waals surface area contributed by atoms with Gasteiger partial charge in [-0.3, -0.25) is 0 Å². The molecule has 0 bridgehead atoms. The van der Waals surface area contributed by atoms with Crippen LogP contribution in [0.1, 0.15) is 6.92 Å². The van der Waals surface area contributed by atoms with Gasteiger partial charge in [-0.05, 0) is 14.0 Å². The first-order chi connectivity index (χ1) is 4.16. The van der Waals surface area contributed by atoms with E-state index in [1.807, 2.05) is 18.9 Å². The molecule has 0 fully saturated rings. The Balaban J connectivity index is 3.15. The monoisotopic (exact) mass is 153 g/mol. The summed E-state index contributed by atoms with van der Waals surface area (Å²) in [6, 6.07) is 0. The lowest BCUT2D eigenvalue weighted by Gasteiger charge is -2.14. The Morgan fingerprint density at radius 1 is 1.67 bits per heavy atom. The highest BCUT2D eigenvalue weighted by atomic mass is 35.5. The minimum absolute atomic E-state index is 0.113. The average Bonchev–Trinajstić information content (AvgIpc) is 1.63. The number of halogens is 2. The zero-order valence-corrected chi connectivity index (χ0v) is 6.66. The van der Waals surface area contributed by atoms with Crippen LogP contribution >= 0.6 is 11.6 Å². The maximum Gasteiger partial charge on any atom is 0.102 e. The Labute approximate surface area is 60.8 Å². The first-order valence-corrected chi connectivity index (χ1v) is 3.49. The van der Waals surface area contributed by atoms with Crippen LogP contribution in [0, 0.1) is 0 Å². The van der Waals surface area contributed by atoms with Crippen molar-refractivity contribution in [2.24, 2.45) is 0 Å². The first-order valence-electron chi connectivity index (χ1n) is 3.05. The van der Waals surface area contributed by atoms with Crippen molar-refractivity contribution in [1.29, 1.82) is 0 Å². The van der Waals surface area contributed by atoms with Gasteiger partial charge in [0.15, 0.2) is 0 Å². The van der Waals surface area contributed by atoms with Crippen LogP contribution in [0.5, 0.6) is 0 Å². The number of rotatable bonds is 4. The number of nitrogens with zero attached hydrogens (tertiary/aromatic N) is 1. The predicted molar refractivity (Wildman–Crippen MR) is 38.8 cm³/mol. The Morgan fingerprint density at radius 3 is 2.56 bits per heavy atom. The predicted octanol–water partition coefficient (Wildman–Crippen LogP) is 1.52. The van der Waals surface area contributed by atoms with E-state index >= 15 is 0 Å². The van der Waals surface area contributed by atoms with Crippen LogP contribution in [0.15, 0.2) is 0 Å². The Hall–Kier alpha value is 0.180. The van der Waals surface area contributed by atoms with Gasteiger partial charge in [-0.1, -0.05) is 0 Å². The van der Waals surface area contributed by atoms with E-state index in [-0.39, 0.29) is 12.1 Å². The van der Waals surface area contributed by atoms with E-state index in [1.54, 1.807) is 0 Å². The van der Waals surface area contributed by atoms with Crippen molar-refractivity contribution in [3.05, 3.63) is 0 Å². The third-order valence-electron chi connectivity index (χ3n) is 1.03. The molecule has 56 valence electrons. The van der Waals surface area contributed by atoms with E-state index in [0.717, 1.165) is 6.54 Å². The fourth-order valence-electron chi connectivity index (χ4n) is 0.665. The van der Waals surface area contributed by atoms with Gasteiger partial charge in [0.2, 0.25) is 0 Å². The zero-order valence-electron chi connectivity index (χ0n) is 5.90. The molecule has 3 heteroatoms. The Bertz CT molecular complexity index is 68.1. The van der Waals surface area contributed by atoms with Crippen LogP contribution in [-0.2, 0) is 0 Å². The second kappa shape index (κ2) is 5.00. The quantitative estimate of drug-likeness (QED) is 0.554. The molecule has 0 amide bonds. The summed E-state index contributed by atoms with van der Waals surface area (Å²) < 4.78 is 11.6. The second-order valence-corrected chi connectivity index (χ2v) is 2.98. The van der Waals surface area contributed by atoms with E-state index < -0.39 is 0 Å². The summed E-state index contributed by atoms with van der Waals surface area (Å²) in [6.45, 7) is 2.85. The largest absolute Gasteiger partial charge is 0.302 e. The van der Waals surface area contributed by atoms with Crippen molar-refractivity contribution < 1.29 is 4.39 Å². The zero-order chi connectivity index (χ0) is 7.28. The molecule has 0 rings (SSSR count). The number of hydrogen-bond acceptors (Lipinski definition) is 1. The molecule has 0 aromatic carbocycles. The van der Waals surface area contributed by atoms with E-state index in [9.17, 15) is 4.39 Å². The third kappa shape index (κ3) is 6.06. The average molecular weight is 154 g/mol. The van der Waals surface area contributed by atoms with Crippen LogP contribution in [0.4, 0.5) is 4.39 Å². The van der Waals surface area contributed by atoms with Gasteiger partial charge in [0, 0.05) is 18.5 Å². The molecule has 0 spiro atoms. The molecule has 0 saturated carbocycles. The van der Waals surface area contributed by atoms with Crippen molar-refractivity contribution in [2.45, 2.75) is 12.3 Å². The summed E-state index contributed by atoms with van der Waals surface area (Å²) in [4.78, 5) is 1.87. The molecule has 0 aliphatic rings. The standard InChI is InChI=1S/C6H13ClFN/c1-6(7)5-9(2)4-3-8/h6H,3-5H2,1-2H3. The summed E-state index contributed by atoms with van der Waals surface area (Å²) in [5.74, 6) is 0. The molecular weight excluding hydrogens is 141 g/mol. The summed E-state index contributed by atoms with van der Waals surface area (Å²) in [5, 5.41) is 0.113. The van der Waals surface area contributed by atoms with Gasteiger partial charge < -0.3 is 4.90 Å². The van der Waals surface area contributed by atoms with E-state index in [0.29, 0.717) is 6.54 Å². The van der Waals surface area contributed by atoms with E-state index in [4.69, 9.17) is 11.6 Å². The van der Waals surface area contributed by atoms with Crippen LogP contribution in [0.2, 0.25) is 0 Å². The highest BCUT2D eigenvalue weighted by Crippen LogP contribution is 1.95. The van der Waals surface area contributed by atoms with Gasteiger partial charge in [0.1, 0.15) is 6.67 Å². The highest BCUT2D eigenvalue weighted by molar-refractivity contribution is 6.20. The summed E-state index contributed by atoms with van der Waals surface area (Å²) in [6.07, 6.45) is 0. The van der Waals surface area contributed by atoms with Gasteiger partial charge in [0.05, 0.1) is 0 Å². The third-order valence-corrected chi connectivity index (χ3v) is 1.17. The SMILES string of the molecule is CC(Cl)CN(C)CCF. The molecule has 0 saturated heterocycles. The fraction of sp³-hybridized carbons (Fsp3) is 1.00. The number of alkyl halides is 2. The molecule has 1 unspecified atom stereocenters. The van der Waals surface area contributed by atoms with E-state index in [2.05, 4.69) is 0 Å². The smallest absolute Gasteiger partial charge is 0.102 e. The van der Waals surface area contributed by atoms with Crippen molar-refractivity contribution in [1.82, 2.24) is 4.90 Å². The lowest BCUT2D eigenvalue weighted by molar-refractivity contribution is 0.297. The van der Waals surface area contributed by atoms with Gasteiger partial charge >= 0.3 is 0 Å². The Morgan fingerprint density at radius 2 is 2.22 bits per heavy atom. The summed E-state index contributed by atoms with van der Waals surface area (Å²) >= 11 is 5.64. The highest BCUT2D eigenvalue weighted by Gasteiger charge is 2.00. The molecule has 0 N–H and O–H groups in total. The first kappa shape index (κ1) is 9.18. The van der Waals surface area contributed by atoms with Crippen LogP contribution < -0.4 is 0 Å². The topological polar surface area (TPSA) is 3.24 Å². The normalized spacial score (nSPS) is 14.3. The van der Waals surface area contributed by atoms with Crippen molar-refractivity contribution >= 4 is 11.6 Å². The maximum absolute atomic E-state index is 11.6. The molecule has 0 radical (unpaired) electrons. The van der Waals surface area contributed by atoms with Gasteiger partial charge in [-0.15, -0.1) is 11.6 Å². The molecule has 0 aliphatic heterocycles. The maximum atomic E-state index is 11.6. The second-order valence-electron chi connectivity index (χ2n) is 2.23. The molecule has 9 heavy (non-hydrogen) atoms. The molecule has 1 atom stereocenters. The molecule has 1 nitrogen and oxygen atoms in total. The molecule has 0 aromatic heterocycles. The fourth-order valence-corrected chi connectivity index (χ4v) is 0.901. The van der Waals surface area contributed by atoms with Gasteiger partial charge in [-0.2, -0.15) is 0 Å². The molecule has 0 heterocycles. The van der Waals surface area contributed by atoms with Crippen molar-refractivity contribution in [2.75, 3.05) is 26.8 Å². The van der Waals surface area contributed by atoms with E-state index in [1.165, 1.54) is 0 Å². The molecule has 0 aromatic rings. The van der Waals surface area contributed by atoms with Crippen LogP contribution in [0.25, 0.3) is 0 Å². The van der Waals surface area contributed by atoms with Crippen molar-refractivity contribution in [3.63, 3.8) is 0 Å². The molecule has 0 aliphatic carbocycles. The Kier molecular flexibility index (Phi) is 5.10. The van der Waals surface area contributed by atoms with Crippen LogP contribution in [0.3, 0.4) is 0 Å². The number of hydrogen-bond donors (Lipinski definition) is 0. The summed E-state index contributed by atoms with van der Waals surface area (Å²) in [7, 11) is 1.86. The lowest BCUT2D eigenvalue weighted by Crippen LogP contribution is -2.26. The minimum Gasteiger partial charge on any atom is -0.302 e. The summed E-state index contributed by atoms with van der Waals surface area (Å²) in [5.41, 5.74) is 0. The molecular formula is C6H13ClFN. The van der Waals surface area contributed by atoms with Gasteiger partial charge in [0.25, 0.3) is 0 Å². The van der Waals surface area contributed by atoms with Crippen LogP contribution in [-0.4, -0.2) is 37.1 Å². The minimum atomic E-state index is -0.292. The van der Waals surface area contributed by atoms with Crippen molar-refractivity contribution in [3.8, 4) is 0 Å². The lowest BCUT2D eigenvalue weighted by atomic mass is 10.4. The van der Waals surface area contributed by atoms with Gasteiger partial charge in [-0.25, -0.2) is 4.39 Å².